The Morgan fingerprint density at radius 3 is 2.47 bits per heavy atom. The van der Waals surface area contributed by atoms with Gasteiger partial charge in [-0.25, -0.2) is 4.39 Å². The van der Waals surface area contributed by atoms with Crippen LogP contribution in [0.15, 0.2) is 18.2 Å². The zero-order chi connectivity index (χ0) is 14.6. The highest BCUT2D eigenvalue weighted by molar-refractivity contribution is 5.95. The fourth-order valence-electron chi connectivity index (χ4n) is 1.69. The molecule has 0 fully saturated rings. The second kappa shape index (κ2) is 6.31. The number of benzene rings is 1. The molecule has 0 heterocycles. The van der Waals surface area contributed by atoms with Crippen LogP contribution in [0.3, 0.4) is 0 Å². The molecular weight excluding hydrogens is 249 g/mol. The van der Waals surface area contributed by atoms with E-state index in [0.29, 0.717) is 0 Å². The first-order chi connectivity index (χ1) is 8.81. The summed E-state index contributed by atoms with van der Waals surface area (Å²) in [6.45, 7) is 5.34. The highest BCUT2D eigenvalue weighted by atomic mass is 19.1. The molecule has 0 aliphatic heterocycles. The molecule has 0 radical (unpaired) electrons. The molecule has 0 saturated carbocycles. The van der Waals surface area contributed by atoms with Gasteiger partial charge in [0.25, 0.3) is 5.91 Å². The molecule has 1 aromatic carbocycles. The Hall–Kier alpha value is -1.91. The molecule has 0 aliphatic carbocycles. The minimum absolute atomic E-state index is 0.0476. The molecule has 19 heavy (non-hydrogen) atoms. The topological polar surface area (TPSA) is 66.4 Å². The number of nitrogens with one attached hydrogen (secondary N) is 1. The zero-order valence-corrected chi connectivity index (χ0v) is 11.2. The molecule has 5 heteroatoms. The summed E-state index contributed by atoms with van der Waals surface area (Å²) < 4.78 is 13.6. The van der Waals surface area contributed by atoms with Crippen LogP contribution in [-0.4, -0.2) is 23.0 Å². The van der Waals surface area contributed by atoms with E-state index in [1.165, 1.54) is 12.1 Å². The van der Waals surface area contributed by atoms with Crippen LogP contribution in [0, 0.1) is 18.7 Å². The molecule has 1 amide bonds. The first kappa shape index (κ1) is 15.1. The van der Waals surface area contributed by atoms with Crippen molar-refractivity contribution in [2.45, 2.75) is 33.2 Å². The lowest BCUT2D eigenvalue weighted by atomic mass is 10.0. The van der Waals surface area contributed by atoms with Crippen molar-refractivity contribution in [2.75, 3.05) is 0 Å². The minimum Gasteiger partial charge on any atom is -0.481 e. The maximum Gasteiger partial charge on any atom is 0.305 e. The third kappa shape index (κ3) is 4.35. The molecule has 1 rings (SSSR count). The van der Waals surface area contributed by atoms with Crippen LogP contribution >= 0.6 is 0 Å². The normalized spacial score (nSPS) is 12.3. The van der Waals surface area contributed by atoms with Gasteiger partial charge in [-0.05, 0) is 30.5 Å². The minimum atomic E-state index is -0.997. The van der Waals surface area contributed by atoms with Crippen molar-refractivity contribution in [3.8, 4) is 0 Å². The number of hydrogen-bond donors (Lipinski definition) is 2. The predicted molar refractivity (Wildman–Crippen MR) is 69.5 cm³/mol. The lowest BCUT2D eigenvalue weighted by Crippen LogP contribution is -2.40. The number of hydrogen-bond acceptors (Lipinski definition) is 2. The molecule has 0 bridgehead atoms. The Morgan fingerprint density at radius 1 is 1.37 bits per heavy atom. The summed E-state index contributed by atoms with van der Waals surface area (Å²) in [6, 6.07) is 3.79. The van der Waals surface area contributed by atoms with E-state index in [1.807, 2.05) is 0 Å². The zero-order valence-electron chi connectivity index (χ0n) is 11.2. The summed E-state index contributed by atoms with van der Waals surface area (Å²) in [7, 11) is 0. The molecule has 104 valence electrons. The SMILES string of the molecule is Cc1ccc(C(=O)NC(CC(=O)O)C(C)C)c(F)c1. The third-order valence-corrected chi connectivity index (χ3v) is 2.88. The molecule has 1 aromatic rings. The Balaban J connectivity index is 2.84. The van der Waals surface area contributed by atoms with Crippen molar-refractivity contribution in [2.24, 2.45) is 5.92 Å². The average Bonchev–Trinajstić information content (AvgIpc) is 2.26. The van der Waals surface area contributed by atoms with Gasteiger partial charge < -0.3 is 10.4 Å². The number of aliphatic carboxylic acids is 1. The largest absolute Gasteiger partial charge is 0.481 e. The molecule has 0 saturated heterocycles. The van der Waals surface area contributed by atoms with E-state index >= 15 is 0 Å². The van der Waals surface area contributed by atoms with Crippen LogP contribution in [0.2, 0.25) is 0 Å². The first-order valence-electron chi connectivity index (χ1n) is 6.10. The fraction of sp³-hybridized carbons (Fsp3) is 0.429. The maximum absolute atomic E-state index is 13.6. The number of rotatable bonds is 5. The Morgan fingerprint density at radius 2 is 2.00 bits per heavy atom. The third-order valence-electron chi connectivity index (χ3n) is 2.88. The summed E-state index contributed by atoms with van der Waals surface area (Å²) in [4.78, 5) is 22.6. The van der Waals surface area contributed by atoms with Crippen LogP contribution < -0.4 is 5.32 Å². The number of halogens is 1. The quantitative estimate of drug-likeness (QED) is 0.860. The number of carbonyl (C=O) groups excluding carboxylic acids is 1. The highest BCUT2D eigenvalue weighted by Crippen LogP contribution is 2.12. The van der Waals surface area contributed by atoms with Gasteiger partial charge in [0, 0.05) is 6.04 Å². The molecular formula is C14H18FNO3. The van der Waals surface area contributed by atoms with Crippen molar-refractivity contribution in [1.29, 1.82) is 0 Å². The van der Waals surface area contributed by atoms with Crippen molar-refractivity contribution in [1.82, 2.24) is 5.32 Å². The summed E-state index contributed by atoms with van der Waals surface area (Å²) in [5.41, 5.74) is 0.654. The van der Waals surface area contributed by atoms with Crippen LogP contribution in [0.25, 0.3) is 0 Å². The van der Waals surface area contributed by atoms with Gasteiger partial charge >= 0.3 is 5.97 Å². The van der Waals surface area contributed by atoms with E-state index in [2.05, 4.69) is 5.32 Å². The van der Waals surface area contributed by atoms with E-state index in [1.54, 1.807) is 26.8 Å². The standard InChI is InChI=1S/C14H18FNO3/c1-8(2)12(7-13(17)18)16-14(19)10-5-4-9(3)6-11(10)15/h4-6,8,12H,7H2,1-3H3,(H,16,19)(H,17,18). The molecule has 0 aliphatic rings. The predicted octanol–water partition coefficient (Wildman–Crippen LogP) is 2.36. The second-order valence-electron chi connectivity index (χ2n) is 4.91. The molecule has 1 unspecified atom stereocenters. The van der Waals surface area contributed by atoms with Crippen molar-refractivity contribution in [3.63, 3.8) is 0 Å². The van der Waals surface area contributed by atoms with Crippen molar-refractivity contribution in [3.05, 3.63) is 35.1 Å². The van der Waals surface area contributed by atoms with E-state index < -0.39 is 23.7 Å². The van der Waals surface area contributed by atoms with Crippen LogP contribution in [0.1, 0.15) is 36.2 Å². The number of carboxylic acid groups (broad SMARTS) is 1. The van der Waals surface area contributed by atoms with Crippen molar-refractivity contribution >= 4 is 11.9 Å². The number of carboxylic acids is 1. The average molecular weight is 267 g/mol. The number of carbonyl (C=O) groups is 2. The Bertz CT molecular complexity index is 486. The van der Waals surface area contributed by atoms with E-state index in [-0.39, 0.29) is 17.9 Å². The van der Waals surface area contributed by atoms with Gasteiger partial charge in [0.15, 0.2) is 0 Å². The summed E-state index contributed by atoms with van der Waals surface area (Å²) in [5.74, 6) is -2.23. The monoisotopic (exact) mass is 267 g/mol. The van der Waals surface area contributed by atoms with Gasteiger partial charge in [-0.3, -0.25) is 9.59 Å². The molecule has 1 atom stereocenters. The van der Waals surface area contributed by atoms with E-state index in [0.717, 1.165) is 5.56 Å². The van der Waals surface area contributed by atoms with Gasteiger partial charge in [0.1, 0.15) is 5.82 Å². The fourth-order valence-corrected chi connectivity index (χ4v) is 1.69. The van der Waals surface area contributed by atoms with Crippen LogP contribution in [0.5, 0.6) is 0 Å². The maximum atomic E-state index is 13.6. The van der Waals surface area contributed by atoms with Gasteiger partial charge in [-0.15, -0.1) is 0 Å². The Labute approximate surface area is 111 Å². The van der Waals surface area contributed by atoms with E-state index in [9.17, 15) is 14.0 Å². The van der Waals surface area contributed by atoms with Crippen LogP contribution in [0.4, 0.5) is 4.39 Å². The number of aryl methyl sites for hydroxylation is 1. The molecule has 0 aromatic heterocycles. The molecule has 0 spiro atoms. The van der Waals surface area contributed by atoms with Crippen LogP contribution in [-0.2, 0) is 4.79 Å². The first-order valence-corrected chi connectivity index (χ1v) is 6.10. The molecule has 4 nitrogen and oxygen atoms in total. The number of amides is 1. The smallest absolute Gasteiger partial charge is 0.305 e. The highest BCUT2D eigenvalue weighted by Gasteiger charge is 2.21. The van der Waals surface area contributed by atoms with E-state index in [4.69, 9.17) is 5.11 Å². The van der Waals surface area contributed by atoms with Gasteiger partial charge in [-0.1, -0.05) is 19.9 Å². The summed E-state index contributed by atoms with van der Waals surface area (Å²) in [6.07, 6.45) is -0.184. The van der Waals surface area contributed by atoms with Gasteiger partial charge in [-0.2, -0.15) is 0 Å². The molecule has 2 N–H and O–H groups in total. The lowest BCUT2D eigenvalue weighted by molar-refractivity contribution is -0.137. The summed E-state index contributed by atoms with van der Waals surface area (Å²) in [5, 5.41) is 11.3. The summed E-state index contributed by atoms with van der Waals surface area (Å²) >= 11 is 0. The van der Waals surface area contributed by atoms with Gasteiger partial charge in [0.2, 0.25) is 0 Å². The van der Waals surface area contributed by atoms with Gasteiger partial charge in [0.05, 0.1) is 12.0 Å². The van der Waals surface area contributed by atoms with Crippen molar-refractivity contribution < 1.29 is 19.1 Å². The lowest BCUT2D eigenvalue weighted by Gasteiger charge is -2.20. The second-order valence-corrected chi connectivity index (χ2v) is 4.91. The Kier molecular flexibility index (Phi) is 5.03.